The van der Waals surface area contributed by atoms with Gasteiger partial charge in [0, 0.05) is 37.5 Å². The number of esters is 2. The van der Waals surface area contributed by atoms with Gasteiger partial charge in [0.1, 0.15) is 12.4 Å². The first-order chi connectivity index (χ1) is 10.1. The van der Waals surface area contributed by atoms with Crippen molar-refractivity contribution in [3.05, 3.63) is 30.9 Å². The zero-order valence-electron chi connectivity index (χ0n) is 11.4. The Bertz CT molecular complexity index is 552. The lowest BCUT2D eigenvalue weighted by molar-refractivity contribution is -0.143. The van der Waals surface area contributed by atoms with Crippen molar-refractivity contribution in [3.63, 3.8) is 0 Å². The third-order valence-corrected chi connectivity index (χ3v) is 2.99. The van der Waals surface area contributed by atoms with E-state index in [1.165, 1.54) is 24.2 Å². The Hall–Kier alpha value is -2.48. The van der Waals surface area contributed by atoms with Crippen LogP contribution in [0.4, 0.5) is 0 Å². The Morgan fingerprint density at radius 1 is 1.33 bits per heavy atom. The van der Waals surface area contributed by atoms with Crippen LogP contribution in [0.5, 0.6) is 0 Å². The van der Waals surface area contributed by atoms with E-state index < -0.39 is 24.1 Å². The minimum absolute atomic E-state index is 0.156. The minimum Gasteiger partial charge on any atom is -0.466 e. The van der Waals surface area contributed by atoms with Crippen LogP contribution in [-0.4, -0.2) is 53.2 Å². The summed E-state index contributed by atoms with van der Waals surface area (Å²) in [7, 11) is 1.21. The third-order valence-electron chi connectivity index (χ3n) is 2.99. The molecule has 0 saturated carbocycles. The molecule has 0 amide bonds. The van der Waals surface area contributed by atoms with Gasteiger partial charge in [-0.1, -0.05) is 0 Å². The monoisotopic (exact) mass is 293 g/mol. The van der Waals surface area contributed by atoms with Crippen molar-refractivity contribution < 1.29 is 23.9 Å². The number of nitrogens with one attached hydrogen (secondary N) is 1. The number of ether oxygens (including phenoxy) is 2. The van der Waals surface area contributed by atoms with Gasteiger partial charge in [-0.05, 0) is 0 Å². The van der Waals surface area contributed by atoms with Crippen LogP contribution < -0.4 is 5.32 Å². The molecule has 2 heterocycles. The van der Waals surface area contributed by atoms with Crippen molar-refractivity contribution in [1.82, 2.24) is 14.9 Å². The number of hydrogen-bond acceptors (Lipinski definition) is 7. The quantitative estimate of drug-likeness (QED) is 0.591. The van der Waals surface area contributed by atoms with Crippen LogP contribution in [0.25, 0.3) is 0 Å². The largest absolute Gasteiger partial charge is 0.466 e. The minimum atomic E-state index is -0.650. The van der Waals surface area contributed by atoms with E-state index in [2.05, 4.69) is 15.0 Å². The van der Waals surface area contributed by atoms with Crippen LogP contribution in [0.1, 0.15) is 11.2 Å². The summed E-state index contributed by atoms with van der Waals surface area (Å²) in [6.45, 7) is 0.378. The highest BCUT2D eigenvalue weighted by molar-refractivity contribution is 5.91. The molecule has 1 saturated heterocycles. The molecule has 1 aliphatic heterocycles. The first-order valence-corrected chi connectivity index (χ1v) is 6.32. The molecule has 0 radical (unpaired) electrons. The molecule has 0 bridgehead atoms. The molecule has 8 heteroatoms. The van der Waals surface area contributed by atoms with Gasteiger partial charge in [-0.2, -0.15) is 0 Å². The van der Waals surface area contributed by atoms with E-state index in [1.807, 2.05) is 0 Å². The lowest BCUT2D eigenvalue weighted by Crippen LogP contribution is -2.34. The predicted molar refractivity (Wildman–Crippen MR) is 70.3 cm³/mol. The Morgan fingerprint density at radius 2 is 2.10 bits per heavy atom. The van der Waals surface area contributed by atoms with Gasteiger partial charge in [-0.3, -0.25) is 9.36 Å². The molecule has 2 rings (SSSR count). The van der Waals surface area contributed by atoms with Gasteiger partial charge in [-0.15, -0.1) is 0 Å². The maximum Gasteiger partial charge on any atom is 0.331 e. The van der Waals surface area contributed by atoms with Gasteiger partial charge < -0.3 is 14.8 Å². The van der Waals surface area contributed by atoms with Gasteiger partial charge in [0.25, 0.3) is 0 Å². The van der Waals surface area contributed by atoms with Crippen molar-refractivity contribution in [2.45, 2.75) is 18.6 Å². The molecule has 0 aromatic carbocycles. The van der Waals surface area contributed by atoms with Gasteiger partial charge in [-0.25, -0.2) is 14.6 Å². The molecular weight excluding hydrogens is 278 g/mol. The SMILES string of the molecule is COC(=O)/C=C/C(=O)O[C@H]1CN[C@H](C(=O)n2ccnc2)C1. The number of rotatable bonds is 4. The van der Waals surface area contributed by atoms with Crippen molar-refractivity contribution in [2.24, 2.45) is 0 Å². The normalized spacial score (nSPS) is 21.4. The molecule has 1 aromatic rings. The molecule has 1 aromatic heterocycles. The second kappa shape index (κ2) is 6.80. The van der Waals surface area contributed by atoms with E-state index in [-0.39, 0.29) is 5.91 Å². The van der Waals surface area contributed by atoms with E-state index >= 15 is 0 Å². The van der Waals surface area contributed by atoms with Crippen LogP contribution in [0, 0.1) is 0 Å². The standard InChI is InChI=1S/C13H15N3O5/c1-20-11(17)2-3-12(18)21-9-6-10(15-7-9)13(19)16-5-4-14-8-16/h2-5,8-10,15H,6-7H2,1H3/b3-2+/t9-,10+/m1/s1. The van der Waals surface area contributed by atoms with E-state index in [0.717, 1.165) is 12.2 Å². The van der Waals surface area contributed by atoms with Crippen molar-refractivity contribution in [1.29, 1.82) is 0 Å². The topological polar surface area (TPSA) is 99.5 Å². The van der Waals surface area contributed by atoms with E-state index in [0.29, 0.717) is 13.0 Å². The molecule has 112 valence electrons. The Balaban J connectivity index is 1.83. The summed E-state index contributed by atoms with van der Waals surface area (Å²) >= 11 is 0. The molecule has 8 nitrogen and oxygen atoms in total. The Morgan fingerprint density at radius 3 is 2.76 bits per heavy atom. The maximum atomic E-state index is 12.0. The second-order valence-electron chi connectivity index (χ2n) is 4.42. The smallest absolute Gasteiger partial charge is 0.331 e. The third kappa shape index (κ3) is 3.99. The van der Waals surface area contributed by atoms with Crippen LogP contribution in [0.15, 0.2) is 30.9 Å². The summed E-state index contributed by atoms with van der Waals surface area (Å²) in [5, 5.41) is 2.99. The number of hydrogen-bond donors (Lipinski definition) is 1. The van der Waals surface area contributed by atoms with Crippen LogP contribution in [-0.2, 0) is 19.1 Å². The number of aromatic nitrogens is 2. The fourth-order valence-corrected chi connectivity index (χ4v) is 1.96. The average molecular weight is 293 g/mol. The fraction of sp³-hybridized carbons (Fsp3) is 0.385. The summed E-state index contributed by atoms with van der Waals surface area (Å²) in [4.78, 5) is 38.2. The Kier molecular flexibility index (Phi) is 4.83. The predicted octanol–water partition coefficient (Wildman–Crippen LogP) is -0.474. The summed E-state index contributed by atoms with van der Waals surface area (Å²) in [5.41, 5.74) is 0. The van der Waals surface area contributed by atoms with Gasteiger partial charge >= 0.3 is 11.9 Å². The number of imidazole rings is 1. The molecule has 0 aliphatic carbocycles. The average Bonchev–Trinajstić information content (AvgIpc) is 3.15. The molecular formula is C13H15N3O5. The molecule has 1 aliphatic rings. The molecule has 1 N–H and O–H groups in total. The number of nitrogens with zero attached hydrogens (tertiary/aromatic N) is 2. The van der Waals surface area contributed by atoms with E-state index in [1.54, 1.807) is 6.20 Å². The molecule has 0 unspecified atom stereocenters. The first-order valence-electron chi connectivity index (χ1n) is 6.32. The van der Waals surface area contributed by atoms with E-state index in [4.69, 9.17) is 4.74 Å². The van der Waals surface area contributed by atoms with Crippen molar-refractivity contribution in [3.8, 4) is 0 Å². The summed E-state index contributed by atoms with van der Waals surface area (Å²) in [6.07, 6.45) is 6.43. The zero-order chi connectivity index (χ0) is 15.2. The molecule has 21 heavy (non-hydrogen) atoms. The Labute approximate surface area is 120 Å². The molecule has 2 atom stereocenters. The van der Waals surface area contributed by atoms with Crippen molar-refractivity contribution in [2.75, 3.05) is 13.7 Å². The van der Waals surface area contributed by atoms with Crippen LogP contribution >= 0.6 is 0 Å². The summed E-state index contributed by atoms with van der Waals surface area (Å²) in [5.74, 6) is -1.44. The number of carbonyl (C=O) groups is 3. The highest BCUT2D eigenvalue weighted by Gasteiger charge is 2.32. The lowest BCUT2D eigenvalue weighted by atomic mass is 10.2. The van der Waals surface area contributed by atoms with Crippen LogP contribution in [0.2, 0.25) is 0 Å². The fourth-order valence-electron chi connectivity index (χ4n) is 1.96. The van der Waals surface area contributed by atoms with Gasteiger partial charge in [0.15, 0.2) is 0 Å². The zero-order valence-corrected chi connectivity index (χ0v) is 11.4. The van der Waals surface area contributed by atoms with Gasteiger partial charge in [0.05, 0.1) is 13.2 Å². The molecule has 1 fully saturated rings. The van der Waals surface area contributed by atoms with Gasteiger partial charge in [0.2, 0.25) is 5.91 Å². The maximum absolute atomic E-state index is 12.0. The summed E-state index contributed by atoms with van der Waals surface area (Å²) in [6, 6.07) is -0.429. The number of carbonyl (C=O) groups excluding carboxylic acids is 3. The highest BCUT2D eigenvalue weighted by atomic mass is 16.5. The highest BCUT2D eigenvalue weighted by Crippen LogP contribution is 2.12. The summed E-state index contributed by atoms with van der Waals surface area (Å²) < 4.78 is 10.9. The van der Waals surface area contributed by atoms with Crippen LogP contribution in [0.3, 0.4) is 0 Å². The van der Waals surface area contributed by atoms with E-state index in [9.17, 15) is 14.4 Å². The first kappa shape index (κ1) is 14.9. The number of methoxy groups -OCH3 is 1. The second-order valence-corrected chi connectivity index (χ2v) is 4.42. The molecule has 0 spiro atoms. The lowest BCUT2D eigenvalue weighted by Gasteiger charge is -2.10. The van der Waals surface area contributed by atoms with Crippen molar-refractivity contribution >= 4 is 17.8 Å².